The van der Waals surface area contributed by atoms with Crippen molar-refractivity contribution in [2.45, 2.75) is 18.4 Å². The summed E-state index contributed by atoms with van der Waals surface area (Å²) in [5.41, 5.74) is 5.76. The number of hydrogen-bond acceptors (Lipinski definition) is 4. The number of nitrogens with two attached hydrogens (primary N) is 1. The lowest BCUT2D eigenvalue weighted by Crippen LogP contribution is -2.56. The molecule has 0 aliphatic carbocycles. The van der Waals surface area contributed by atoms with Crippen LogP contribution in [0.1, 0.15) is 12.8 Å². The molecule has 0 unspecified atom stereocenters. The molecule has 98 valence electrons. The van der Waals surface area contributed by atoms with E-state index in [1.54, 1.807) is 7.11 Å². The van der Waals surface area contributed by atoms with E-state index in [0.717, 1.165) is 24.5 Å². The van der Waals surface area contributed by atoms with Crippen LogP contribution in [-0.2, 0) is 4.79 Å². The Hall–Kier alpha value is -1.75. The van der Waals surface area contributed by atoms with E-state index in [2.05, 4.69) is 10.6 Å². The van der Waals surface area contributed by atoms with E-state index in [9.17, 15) is 4.79 Å². The average molecular weight is 249 g/mol. The summed E-state index contributed by atoms with van der Waals surface area (Å²) < 4.78 is 5.17. The van der Waals surface area contributed by atoms with Crippen LogP contribution in [0.25, 0.3) is 0 Å². The number of methoxy groups -OCH3 is 1. The first-order valence-corrected chi connectivity index (χ1v) is 6.09. The largest absolute Gasteiger partial charge is 0.497 e. The van der Waals surface area contributed by atoms with Gasteiger partial charge in [-0.1, -0.05) is 6.07 Å². The van der Waals surface area contributed by atoms with Crippen molar-refractivity contribution in [3.8, 4) is 5.75 Å². The summed E-state index contributed by atoms with van der Waals surface area (Å²) in [7, 11) is 1.62. The molecule has 0 aromatic heterocycles. The van der Waals surface area contributed by atoms with Gasteiger partial charge in [0, 0.05) is 11.8 Å². The highest BCUT2D eigenvalue weighted by Crippen LogP contribution is 2.26. The summed E-state index contributed by atoms with van der Waals surface area (Å²) in [6, 6.07) is 7.53. The van der Waals surface area contributed by atoms with Crippen molar-refractivity contribution in [1.29, 1.82) is 0 Å². The van der Waals surface area contributed by atoms with Gasteiger partial charge in [0.2, 0.25) is 5.91 Å². The molecule has 0 atom stereocenters. The van der Waals surface area contributed by atoms with Gasteiger partial charge in [-0.3, -0.25) is 4.79 Å². The summed E-state index contributed by atoms with van der Waals surface area (Å²) in [6.07, 6.45) is 1.39. The monoisotopic (exact) mass is 249 g/mol. The average Bonchev–Trinajstić information content (AvgIpc) is 2.40. The Bertz CT molecular complexity index is 428. The van der Waals surface area contributed by atoms with E-state index >= 15 is 0 Å². The summed E-state index contributed by atoms with van der Waals surface area (Å²) in [4.78, 5) is 11.7. The molecule has 18 heavy (non-hydrogen) atoms. The van der Waals surface area contributed by atoms with Crippen molar-refractivity contribution in [2.24, 2.45) is 5.73 Å². The number of benzene rings is 1. The standard InChI is InChI=1S/C13H19N3O2/c1-18-11-4-2-3-10(9-11)16-13(12(14)17)5-7-15-8-6-13/h2-4,9,15-16H,5-8H2,1H3,(H2,14,17). The topological polar surface area (TPSA) is 76.4 Å². The van der Waals surface area contributed by atoms with Crippen molar-refractivity contribution < 1.29 is 9.53 Å². The van der Waals surface area contributed by atoms with Crippen LogP contribution in [0.5, 0.6) is 5.75 Å². The highest BCUT2D eigenvalue weighted by molar-refractivity contribution is 5.88. The second-order valence-corrected chi connectivity index (χ2v) is 4.55. The molecule has 1 aromatic rings. The minimum absolute atomic E-state index is 0.299. The minimum atomic E-state index is -0.655. The van der Waals surface area contributed by atoms with Crippen LogP contribution >= 0.6 is 0 Å². The molecule has 5 nitrogen and oxygen atoms in total. The number of carbonyl (C=O) groups excluding carboxylic acids is 1. The zero-order chi connectivity index (χ0) is 13.0. The molecule has 4 N–H and O–H groups in total. The molecule has 1 aliphatic rings. The second kappa shape index (κ2) is 5.27. The van der Waals surface area contributed by atoms with E-state index in [0.29, 0.717) is 12.8 Å². The van der Waals surface area contributed by atoms with Gasteiger partial charge in [-0.2, -0.15) is 0 Å². The van der Waals surface area contributed by atoms with Crippen molar-refractivity contribution in [2.75, 3.05) is 25.5 Å². The molecule has 0 spiro atoms. The molecule has 1 fully saturated rings. The van der Waals surface area contributed by atoms with Crippen LogP contribution in [0.15, 0.2) is 24.3 Å². The van der Waals surface area contributed by atoms with E-state index in [-0.39, 0.29) is 5.91 Å². The number of hydrogen-bond donors (Lipinski definition) is 3. The number of rotatable bonds is 4. The van der Waals surface area contributed by atoms with Crippen LogP contribution in [0, 0.1) is 0 Å². The minimum Gasteiger partial charge on any atom is -0.497 e. The third-order valence-corrected chi connectivity index (χ3v) is 3.38. The normalized spacial score (nSPS) is 18.1. The molecule has 0 bridgehead atoms. The van der Waals surface area contributed by atoms with Gasteiger partial charge in [-0.15, -0.1) is 0 Å². The van der Waals surface area contributed by atoms with Crippen molar-refractivity contribution in [3.63, 3.8) is 0 Å². The van der Waals surface area contributed by atoms with Gasteiger partial charge < -0.3 is 21.1 Å². The third-order valence-electron chi connectivity index (χ3n) is 3.38. The molecule has 1 aromatic carbocycles. The Morgan fingerprint density at radius 1 is 1.44 bits per heavy atom. The van der Waals surface area contributed by atoms with Gasteiger partial charge >= 0.3 is 0 Å². The molecule has 1 aliphatic heterocycles. The van der Waals surface area contributed by atoms with Crippen molar-refractivity contribution in [1.82, 2.24) is 5.32 Å². The maximum Gasteiger partial charge on any atom is 0.243 e. The summed E-state index contributed by atoms with van der Waals surface area (Å²) >= 11 is 0. The Morgan fingerprint density at radius 3 is 2.78 bits per heavy atom. The fourth-order valence-electron chi connectivity index (χ4n) is 2.26. The zero-order valence-corrected chi connectivity index (χ0v) is 10.5. The number of nitrogens with one attached hydrogen (secondary N) is 2. The molecular weight excluding hydrogens is 230 g/mol. The fraction of sp³-hybridized carbons (Fsp3) is 0.462. The first kappa shape index (κ1) is 12.7. The van der Waals surface area contributed by atoms with Crippen LogP contribution in [0.2, 0.25) is 0 Å². The fourth-order valence-corrected chi connectivity index (χ4v) is 2.26. The van der Waals surface area contributed by atoms with Gasteiger partial charge in [0.1, 0.15) is 11.3 Å². The number of carbonyl (C=O) groups is 1. The molecular formula is C13H19N3O2. The predicted octanol–water partition coefficient (Wildman–Crippen LogP) is 0.715. The van der Waals surface area contributed by atoms with Gasteiger partial charge in [0.15, 0.2) is 0 Å². The van der Waals surface area contributed by atoms with E-state index in [4.69, 9.17) is 10.5 Å². The number of ether oxygens (including phenoxy) is 1. The summed E-state index contributed by atoms with van der Waals surface area (Å²) in [5.74, 6) is 0.459. The number of anilines is 1. The SMILES string of the molecule is COc1cccc(NC2(C(N)=O)CCNCC2)c1. The van der Waals surface area contributed by atoms with Crippen LogP contribution in [0.4, 0.5) is 5.69 Å². The van der Waals surface area contributed by atoms with Crippen LogP contribution in [-0.4, -0.2) is 31.6 Å². The molecule has 2 rings (SSSR count). The van der Waals surface area contributed by atoms with Gasteiger partial charge in [0.25, 0.3) is 0 Å². The molecule has 1 heterocycles. The van der Waals surface area contributed by atoms with E-state index < -0.39 is 5.54 Å². The van der Waals surface area contributed by atoms with Crippen molar-refractivity contribution >= 4 is 11.6 Å². The quantitative estimate of drug-likeness (QED) is 0.734. The van der Waals surface area contributed by atoms with Gasteiger partial charge in [0.05, 0.1) is 7.11 Å². The van der Waals surface area contributed by atoms with Crippen molar-refractivity contribution in [3.05, 3.63) is 24.3 Å². The smallest absolute Gasteiger partial charge is 0.243 e. The Balaban J connectivity index is 2.20. The lowest BCUT2D eigenvalue weighted by Gasteiger charge is -2.36. The lowest BCUT2D eigenvalue weighted by atomic mass is 9.87. The molecule has 0 saturated carbocycles. The zero-order valence-electron chi connectivity index (χ0n) is 10.5. The molecule has 1 saturated heterocycles. The predicted molar refractivity (Wildman–Crippen MR) is 70.6 cm³/mol. The number of piperidine rings is 1. The maximum absolute atomic E-state index is 11.7. The van der Waals surface area contributed by atoms with Gasteiger partial charge in [-0.05, 0) is 38.1 Å². The van der Waals surface area contributed by atoms with Gasteiger partial charge in [-0.25, -0.2) is 0 Å². The lowest BCUT2D eigenvalue weighted by molar-refractivity contribution is -0.123. The highest BCUT2D eigenvalue weighted by atomic mass is 16.5. The maximum atomic E-state index is 11.7. The van der Waals surface area contributed by atoms with Crippen LogP contribution < -0.4 is 21.1 Å². The molecule has 5 heteroatoms. The second-order valence-electron chi connectivity index (χ2n) is 4.55. The van der Waals surface area contributed by atoms with Crippen LogP contribution in [0.3, 0.4) is 0 Å². The number of amides is 1. The first-order chi connectivity index (χ1) is 8.66. The molecule has 1 amide bonds. The number of primary amides is 1. The van der Waals surface area contributed by atoms with E-state index in [1.807, 2.05) is 24.3 Å². The Kier molecular flexibility index (Phi) is 3.72. The summed E-state index contributed by atoms with van der Waals surface area (Å²) in [5, 5.41) is 6.50. The third kappa shape index (κ3) is 2.56. The first-order valence-electron chi connectivity index (χ1n) is 6.09. The highest BCUT2D eigenvalue weighted by Gasteiger charge is 2.37. The van der Waals surface area contributed by atoms with E-state index in [1.165, 1.54) is 0 Å². The molecule has 0 radical (unpaired) electrons. The Morgan fingerprint density at radius 2 is 2.17 bits per heavy atom. The Labute approximate surface area is 107 Å². The summed E-state index contributed by atoms with van der Waals surface area (Å²) in [6.45, 7) is 1.58.